The fourth-order valence-electron chi connectivity index (χ4n) is 1.87. The molecule has 1 fully saturated rings. The van der Waals surface area contributed by atoms with Crippen molar-refractivity contribution in [2.75, 3.05) is 6.54 Å². The van der Waals surface area contributed by atoms with Crippen LogP contribution >= 0.6 is 11.3 Å². The van der Waals surface area contributed by atoms with Crippen molar-refractivity contribution in [3.63, 3.8) is 0 Å². The van der Waals surface area contributed by atoms with Gasteiger partial charge in [-0.25, -0.2) is 8.42 Å². The van der Waals surface area contributed by atoms with Crippen LogP contribution in [-0.2, 0) is 16.6 Å². The number of sulfonamides is 1. The van der Waals surface area contributed by atoms with Gasteiger partial charge < -0.3 is 5.73 Å². The first-order valence-electron chi connectivity index (χ1n) is 5.92. The van der Waals surface area contributed by atoms with Gasteiger partial charge in [0.25, 0.3) is 10.0 Å². The van der Waals surface area contributed by atoms with Crippen molar-refractivity contribution in [2.24, 2.45) is 5.73 Å². The minimum atomic E-state index is -3.39. The second-order valence-electron chi connectivity index (χ2n) is 4.47. The molecule has 0 atom stereocenters. The van der Waals surface area contributed by atoms with Crippen LogP contribution in [0.25, 0.3) is 0 Å². The molecule has 1 aliphatic rings. The molecule has 0 radical (unpaired) electrons. The van der Waals surface area contributed by atoms with Gasteiger partial charge in [0.05, 0.1) is 0 Å². The lowest BCUT2D eigenvalue weighted by Crippen LogP contribution is -2.32. The molecule has 1 heterocycles. The topological polar surface area (TPSA) is 63.4 Å². The number of nitrogens with two attached hydrogens (primary N) is 1. The number of rotatable bonds is 6. The third-order valence-corrected chi connectivity index (χ3v) is 6.64. The molecule has 0 bridgehead atoms. The largest absolute Gasteiger partial charge is 0.326 e. The standard InChI is InChI=1S/C12H18N2O2S2/c1-3-6-14(10-4-5-10)18(15,16)12-7-9(2)11(8-13)17-12/h3,7,10H,1,4-6,8,13H2,2H3. The second kappa shape index (κ2) is 5.13. The minimum absolute atomic E-state index is 0.150. The van der Waals surface area contributed by atoms with Gasteiger partial charge in [0.2, 0.25) is 0 Å². The highest BCUT2D eigenvalue weighted by atomic mass is 32.2. The summed E-state index contributed by atoms with van der Waals surface area (Å²) in [6, 6.07) is 1.87. The lowest BCUT2D eigenvalue weighted by atomic mass is 10.3. The molecule has 18 heavy (non-hydrogen) atoms. The van der Waals surface area contributed by atoms with E-state index in [1.54, 1.807) is 16.4 Å². The van der Waals surface area contributed by atoms with Crippen molar-refractivity contribution in [2.45, 2.75) is 36.6 Å². The van der Waals surface area contributed by atoms with Crippen LogP contribution in [0.15, 0.2) is 22.9 Å². The molecule has 6 heteroatoms. The van der Waals surface area contributed by atoms with Crippen LogP contribution in [0, 0.1) is 6.92 Å². The van der Waals surface area contributed by atoms with Crippen LogP contribution in [0.1, 0.15) is 23.3 Å². The average molecular weight is 286 g/mol. The molecular weight excluding hydrogens is 268 g/mol. The minimum Gasteiger partial charge on any atom is -0.326 e. The molecule has 0 amide bonds. The molecule has 1 aromatic heterocycles. The Kier molecular flexibility index (Phi) is 3.91. The smallest absolute Gasteiger partial charge is 0.253 e. The summed E-state index contributed by atoms with van der Waals surface area (Å²) in [7, 11) is -3.39. The first-order valence-corrected chi connectivity index (χ1v) is 8.18. The quantitative estimate of drug-likeness (QED) is 0.812. The van der Waals surface area contributed by atoms with Gasteiger partial charge in [0.1, 0.15) is 4.21 Å². The Labute approximate surface area is 112 Å². The molecular formula is C12H18N2O2S2. The third-order valence-electron chi connectivity index (χ3n) is 3.01. The molecule has 100 valence electrons. The Hall–Kier alpha value is -0.690. The normalized spacial score (nSPS) is 16.2. The monoisotopic (exact) mass is 286 g/mol. The average Bonchev–Trinajstić information content (AvgIpc) is 3.08. The van der Waals surface area contributed by atoms with Gasteiger partial charge in [-0.05, 0) is 31.4 Å². The Morgan fingerprint density at radius 2 is 2.28 bits per heavy atom. The number of nitrogens with zero attached hydrogens (tertiary/aromatic N) is 1. The molecule has 4 nitrogen and oxygen atoms in total. The predicted octanol–water partition coefficient (Wildman–Crippen LogP) is 1.85. The maximum atomic E-state index is 12.5. The molecule has 2 N–H and O–H groups in total. The van der Waals surface area contributed by atoms with Gasteiger partial charge in [-0.2, -0.15) is 4.31 Å². The van der Waals surface area contributed by atoms with E-state index in [-0.39, 0.29) is 6.04 Å². The van der Waals surface area contributed by atoms with E-state index in [1.807, 2.05) is 6.92 Å². The van der Waals surface area contributed by atoms with Crippen molar-refractivity contribution in [3.8, 4) is 0 Å². The van der Waals surface area contributed by atoms with E-state index in [1.165, 1.54) is 11.3 Å². The fraction of sp³-hybridized carbons (Fsp3) is 0.500. The second-order valence-corrected chi connectivity index (χ2v) is 7.72. The van der Waals surface area contributed by atoms with E-state index in [4.69, 9.17) is 5.73 Å². The van der Waals surface area contributed by atoms with E-state index in [9.17, 15) is 8.42 Å². The molecule has 1 aromatic rings. The van der Waals surface area contributed by atoms with Gasteiger partial charge in [-0.3, -0.25) is 0 Å². The maximum absolute atomic E-state index is 12.5. The molecule has 0 spiro atoms. The molecule has 1 saturated carbocycles. The van der Waals surface area contributed by atoms with Crippen LogP contribution < -0.4 is 5.73 Å². The van der Waals surface area contributed by atoms with Crippen LogP contribution in [-0.4, -0.2) is 25.3 Å². The summed E-state index contributed by atoms with van der Waals surface area (Å²) in [5.41, 5.74) is 6.55. The van der Waals surface area contributed by atoms with Crippen molar-refractivity contribution in [1.29, 1.82) is 0 Å². The van der Waals surface area contributed by atoms with Crippen LogP contribution in [0.2, 0.25) is 0 Å². The van der Waals surface area contributed by atoms with Gasteiger partial charge in [0.15, 0.2) is 0 Å². The number of thiophene rings is 1. The molecule has 0 unspecified atom stereocenters. The SMILES string of the molecule is C=CCN(C1CC1)S(=O)(=O)c1cc(C)c(CN)s1. The molecule has 0 saturated heterocycles. The highest BCUT2D eigenvalue weighted by Gasteiger charge is 2.38. The summed E-state index contributed by atoms with van der Waals surface area (Å²) in [5, 5.41) is 0. The van der Waals surface area contributed by atoms with Gasteiger partial charge >= 0.3 is 0 Å². The van der Waals surface area contributed by atoms with Crippen LogP contribution in [0.5, 0.6) is 0 Å². The zero-order valence-corrected chi connectivity index (χ0v) is 12.1. The Balaban J connectivity index is 2.35. The van der Waals surface area contributed by atoms with Crippen LogP contribution in [0.3, 0.4) is 0 Å². The van der Waals surface area contributed by atoms with E-state index in [0.29, 0.717) is 17.3 Å². The van der Waals surface area contributed by atoms with Crippen molar-refractivity contribution in [3.05, 3.63) is 29.2 Å². The van der Waals surface area contributed by atoms with Crippen molar-refractivity contribution >= 4 is 21.4 Å². The van der Waals surface area contributed by atoms with E-state index < -0.39 is 10.0 Å². The van der Waals surface area contributed by atoms with Crippen molar-refractivity contribution in [1.82, 2.24) is 4.31 Å². The highest BCUT2D eigenvalue weighted by molar-refractivity contribution is 7.91. The van der Waals surface area contributed by atoms with Gasteiger partial charge in [-0.1, -0.05) is 6.08 Å². The maximum Gasteiger partial charge on any atom is 0.253 e. The third kappa shape index (κ3) is 2.51. The predicted molar refractivity (Wildman–Crippen MR) is 74.1 cm³/mol. The molecule has 1 aliphatic carbocycles. The van der Waals surface area contributed by atoms with Gasteiger partial charge in [0, 0.05) is 24.0 Å². The lowest BCUT2D eigenvalue weighted by Gasteiger charge is -2.18. The Bertz CT molecular complexity index is 544. The zero-order valence-electron chi connectivity index (χ0n) is 10.4. The van der Waals surface area contributed by atoms with Gasteiger partial charge in [-0.15, -0.1) is 17.9 Å². The Morgan fingerprint density at radius 3 is 2.72 bits per heavy atom. The summed E-state index contributed by atoms with van der Waals surface area (Å²) in [4.78, 5) is 0.933. The van der Waals surface area contributed by atoms with Crippen LogP contribution in [0.4, 0.5) is 0 Å². The summed E-state index contributed by atoms with van der Waals surface area (Å²) in [6.45, 7) is 6.29. The van der Waals surface area contributed by atoms with E-state index >= 15 is 0 Å². The molecule has 0 aromatic carbocycles. The summed E-state index contributed by atoms with van der Waals surface area (Å²) in [6.07, 6.45) is 3.53. The summed E-state index contributed by atoms with van der Waals surface area (Å²) < 4.78 is 27.0. The fourth-order valence-corrected chi connectivity index (χ4v) is 5.12. The van der Waals surface area contributed by atoms with E-state index in [2.05, 4.69) is 6.58 Å². The number of hydrogen-bond acceptors (Lipinski definition) is 4. The van der Waals surface area contributed by atoms with Crippen molar-refractivity contribution < 1.29 is 8.42 Å². The first kappa shape index (κ1) is 13.7. The number of aryl methyl sites for hydroxylation is 1. The zero-order chi connectivity index (χ0) is 13.3. The summed E-state index contributed by atoms with van der Waals surface area (Å²) >= 11 is 1.28. The molecule has 0 aliphatic heterocycles. The lowest BCUT2D eigenvalue weighted by molar-refractivity contribution is 0.437. The van der Waals surface area contributed by atoms with E-state index in [0.717, 1.165) is 23.3 Å². The molecule has 2 rings (SSSR count). The first-order chi connectivity index (χ1) is 8.50. The highest BCUT2D eigenvalue weighted by Crippen LogP contribution is 2.35. The Morgan fingerprint density at radius 1 is 1.61 bits per heavy atom. The summed E-state index contributed by atoms with van der Waals surface area (Å²) in [5.74, 6) is 0. The number of hydrogen-bond donors (Lipinski definition) is 1.